The largest absolute Gasteiger partial charge is 0.748 e. The second-order valence-corrected chi connectivity index (χ2v) is 6.18. The molecule has 0 amide bonds. The Morgan fingerprint density at radius 1 is 0.750 bits per heavy atom. The van der Waals surface area contributed by atoms with E-state index in [1.807, 2.05) is 54.6 Å². The van der Waals surface area contributed by atoms with Gasteiger partial charge in [0.15, 0.2) is 0 Å². The van der Waals surface area contributed by atoms with E-state index < -0.39 is 0 Å². The normalized spacial score (nSPS) is 10.2. The fourth-order valence-electron chi connectivity index (χ4n) is 2.43. The third-order valence-corrected chi connectivity index (χ3v) is 4.61. The molecule has 124 valence electrons. The summed E-state index contributed by atoms with van der Waals surface area (Å²) < 4.78 is 0. The number of rotatable bonds is 1. The van der Waals surface area contributed by atoms with Crippen LogP contribution in [0.25, 0.3) is 31.8 Å². The van der Waals surface area contributed by atoms with Crippen LogP contribution in [0.2, 0.25) is 0 Å². The molecular weight excluding hydrogens is 356 g/mol. The van der Waals surface area contributed by atoms with Crippen LogP contribution in [0.15, 0.2) is 84.9 Å². The Labute approximate surface area is 155 Å². The smallest absolute Gasteiger partial charge is 0.132 e. The van der Waals surface area contributed by atoms with E-state index in [4.69, 9.17) is 0 Å². The van der Waals surface area contributed by atoms with Crippen LogP contribution in [0, 0.1) is 0 Å². The predicted molar refractivity (Wildman–Crippen MR) is 98.0 cm³/mol. The number of fused-ring (bicyclic) bond motifs is 2. The second kappa shape index (κ2) is 7.54. The van der Waals surface area contributed by atoms with Crippen molar-refractivity contribution in [1.82, 2.24) is 9.97 Å². The van der Waals surface area contributed by atoms with Gasteiger partial charge in [-0.3, -0.25) is 4.98 Å². The fourth-order valence-corrected chi connectivity index (χ4v) is 3.41. The summed E-state index contributed by atoms with van der Waals surface area (Å²) in [7, 11) is 0. The quantitative estimate of drug-likeness (QED) is 0.282. The number of hydrogen-bond donors (Lipinski definition) is 0. The number of hydrogen-bond acceptors (Lipinski definition) is 3. The molecule has 2 heterocycles. The molecule has 0 spiro atoms. The maximum Gasteiger partial charge on any atom is 0.132 e. The second-order valence-electron chi connectivity index (χ2n) is 5.15. The summed E-state index contributed by atoms with van der Waals surface area (Å²) in [6.45, 7) is 0. The molecule has 0 radical (unpaired) electrons. The summed E-state index contributed by atoms with van der Waals surface area (Å²) in [5.74, 6) is 0. The third-order valence-electron chi connectivity index (χ3n) is 3.54. The minimum atomic E-state index is 0. The maximum atomic E-state index is 4.66. The molecule has 5 aromatic rings. The molecule has 3 aromatic carbocycles. The molecule has 0 N–H and O–H groups in total. The topological polar surface area (TPSA) is 25.8 Å². The zero-order valence-electron chi connectivity index (χ0n) is 12.7. The van der Waals surface area contributed by atoms with Gasteiger partial charge in [0, 0.05) is 17.1 Å². The molecule has 0 unspecified atom stereocenters. The molecule has 24 heavy (non-hydrogen) atoms. The molecule has 2 nitrogen and oxygen atoms in total. The predicted octanol–water partition coefficient (Wildman–Crippen LogP) is 5.63. The zero-order chi connectivity index (χ0) is 15.5. The molecule has 0 fully saturated rings. The Hall–Kier alpha value is -2.26. The van der Waals surface area contributed by atoms with Crippen molar-refractivity contribution in [1.29, 1.82) is 0 Å². The molecule has 0 atom stereocenters. The van der Waals surface area contributed by atoms with Crippen LogP contribution in [0.5, 0.6) is 0 Å². The molecule has 5 rings (SSSR count). The summed E-state index contributed by atoms with van der Waals surface area (Å²) in [6.07, 6.45) is 0. The molecule has 0 saturated carbocycles. The minimum Gasteiger partial charge on any atom is -0.748 e. The summed E-state index contributed by atoms with van der Waals surface area (Å²) >= 11 is 1.70. The van der Waals surface area contributed by atoms with E-state index in [-0.39, 0.29) is 17.1 Å². The van der Waals surface area contributed by atoms with Gasteiger partial charge in [-0.1, -0.05) is 23.8 Å². The summed E-state index contributed by atoms with van der Waals surface area (Å²) in [5.41, 5.74) is 4.14. The van der Waals surface area contributed by atoms with Crippen molar-refractivity contribution in [3.05, 3.63) is 84.9 Å². The summed E-state index contributed by atoms with van der Waals surface area (Å²) in [5, 5.41) is 0. The van der Waals surface area contributed by atoms with E-state index in [9.17, 15) is 0 Å². The molecule has 4 heteroatoms. The molecule has 0 aliphatic heterocycles. The van der Waals surface area contributed by atoms with E-state index >= 15 is 0 Å². The Bertz CT molecular complexity index is 945. The Morgan fingerprint density at radius 2 is 1.33 bits per heavy atom. The van der Waals surface area contributed by atoms with Crippen molar-refractivity contribution in [3.8, 4) is 10.4 Å². The first-order chi connectivity index (χ1) is 11.4. The summed E-state index contributed by atoms with van der Waals surface area (Å²) in [6, 6.07) is 28.4. The van der Waals surface area contributed by atoms with Crippen molar-refractivity contribution in [2.45, 2.75) is 0 Å². The van der Waals surface area contributed by atoms with E-state index in [0.29, 0.717) is 0 Å². The Balaban J connectivity index is 0.000000245. The van der Waals surface area contributed by atoms with Crippen LogP contribution in [0.1, 0.15) is 0 Å². The van der Waals surface area contributed by atoms with Gasteiger partial charge in [-0.25, -0.2) is 4.98 Å². The van der Waals surface area contributed by atoms with Gasteiger partial charge in [0.1, 0.15) is 4.83 Å². The molecule has 0 aliphatic carbocycles. The maximum absolute atomic E-state index is 4.66. The summed E-state index contributed by atoms with van der Waals surface area (Å²) in [4.78, 5) is 11.6. The van der Waals surface area contributed by atoms with Crippen LogP contribution in [-0.2, 0) is 17.1 Å². The molecular formula is C20H14FeN2S-6. The monoisotopic (exact) mass is 370 g/mol. The number of aromatic nitrogens is 2. The fraction of sp³-hybridized carbons (Fsp3) is 0. The average molecular weight is 370 g/mol. The number of benzene rings is 1. The van der Waals surface area contributed by atoms with Crippen LogP contribution >= 0.6 is 11.3 Å². The van der Waals surface area contributed by atoms with Crippen LogP contribution in [0.3, 0.4) is 0 Å². The Kier molecular flexibility index (Phi) is 5.21. The van der Waals surface area contributed by atoms with Crippen LogP contribution in [0.4, 0.5) is 0 Å². The zero-order valence-corrected chi connectivity index (χ0v) is 14.7. The van der Waals surface area contributed by atoms with E-state index in [1.165, 1.54) is 10.4 Å². The van der Waals surface area contributed by atoms with Gasteiger partial charge >= 0.3 is 0 Å². The Morgan fingerprint density at radius 3 is 1.96 bits per heavy atom. The van der Waals surface area contributed by atoms with Gasteiger partial charge in [0.2, 0.25) is 0 Å². The number of thiophene rings is 1. The van der Waals surface area contributed by atoms with Crippen LogP contribution in [-0.4, -0.2) is 9.97 Å². The first kappa shape index (κ1) is 16.6. The van der Waals surface area contributed by atoms with Gasteiger partial charge in [0.05, 0.1) is 16.6 Å². The average Bonchev–Trinajstić information content (AvgIpc) is 3.35. The van der Waals surface area contributed by atoms with Gasteiger partial charge in [0.25, 0.3) is 0 Å². The SMILES string of the molecule is [Fe].[cH-]1[cH-][cH-][cH-][cH-]1.c1ccc2nc3sc(-[c-]4cccc4)cc3nc2c1. The van der Waals surface area contributed by atoms with Crippen molar-refractivity contribution in [3.63, 3.8) is 0 Å². The van der Waals surface area contributed by atoms with E-state index in [2.05, 4.69) is 40.3 Å². The third kappa shape index (κ3) is 3.46. The molecule has 2 aromatic heterocycles. The minimum absolute atomic E-state index is 0. The number of para-hydroxylation sites is 2. The molecule has 0 bridgehead atoms. The number of nitrogens with zero attached hydrogens (tertiary/aromatic N) is 2. The van der Waals surface area contributed by atoms with Crippen molar-refractivity contribution in [2.24, 2.45) is 0 Å². The molecule has 0 saturated heterocycles. The van der Waals surface area contributed by atoms with Crippen molar-refractivity contribution in [2.75, 3.05) is 0 Å². The van der Waals surface area contributed by atoms with Crippen molar-refractivity contribution < 1.29 is 17.1 Å². The standard InChI is InChI=1S/C15H9N2S.C5H5.Fe/c1-2-6-10(5-1)14-9-13-15(18-14)17-12-8-4-3-7-11(12)16-13;1-2-4-5-3-1;/h1-9H;1-5H;/q-1;-5;. The van der Waals surface area contributed by atoms with E-state index in [1.54, 1.807) is 11.3 Å². The van der Waals surface area contributed by atoms with Gasteiger partial charge < -0.3 is 30.3 Å². The van der Waals surface area contributed by atoms with Gasteiger partial charge in [-0.05, 0) is 17.0 Å². The van der Waals surface area contributed by atoms with E-state index in [0.717, 1.165) is 21.4 Å². The van der Waals surface area contributed by atoms with Gasteiger partial charge in [-0.15, -0.1) is 23.5 Å². The molecule has 0 aliphatic rings. The van der Waals surface area contributed by atoms with Gasteiger partial charge in [-0.2, -0.15) is 12.1 Å². The van der Waals surface area contributed by atoms with Crippen molar-refractivity contribution >= 4 is 32.7 Å². The first-order valence-corrected chi connectivity index (χ1v) is 8.27. The first-order valence-electron chi connectivity index (χ1n) is 7.45. The van der Waals surface area contributed by atoms with Crippen LogP contribution < -0.4 is 0 Å².